The molecule has 14 heavy (non-hydrogen) atoms. The molecule has 1 aliphatic rings. The Morgan fingerprint density at radius 3 is 2.79 bits per heavy atom. The van der Waals surface area contributed by atoms with Crippen molar-refractivity contribution in [3.8, 4) is 0 Å². The lowest BCUT2D eigenvalue weighted by molar-refractivity contribution is 0.622. The van der Waals surface area contributed by atoms with Gasteiger partial charge >= 0.3 is 0 Å². The Kier molecular flexibility index (Phi) is 4.36. The molecule has 0 spiro atoms. The first-order chi connectivity index (χ1) is 6.34. The molecule has 0 heterocycles. The Balaban J connectivity index is 0.000000980. The van der Waals surface area contributed by atoms with Gasteiger partial charge in [0.2, 0.25) is 0 Å². The lowest BCUT2D eigenvalue weighted by Crippen LogP contribution is -2.19. The molecule has 1 aromatic rings. The lowest BCUT2D eigenvalue weighted by atomic mass is 10.1. The second-order valence-corrected chi connectivity index (χ2v) is 3.61. The third kappa shape index (κ3) is 3.64. The van der Waals surface area contributed by atoms with Crippen molar-refractivity contribution in [2.75, 3.05) is 6.54 Å². The van der Waals surface area contributed by atoms with E-state index in [0.717, 1.165) is 24.6 Å². The molecular formula is C11H15ClFN. The minimum Gasteiger partial charge on any atom is -0.314 e. The van der Waals surface area contributed by atoms with Crippen LogP contribution in [-0.2, 0) is 6.42 Å². The van der Waals surface area contributed by atoms with Gasteiger partial charge in [-0.3, -0.25) is 0 Å². The van der Waals surface area contributed by atoms with E-state index in [1.807, 2.05) is 6.07 Å². The van der Waals surface area contributed by atoms with Crippen molar-refractivity contribution in [3.05, 3.63) is 35.6 Å². The summed E-state index contributed by atoms with van der Waals surface area (Å²) in [6.07, 6.45) is 3.54. The Bertz CT molecular complexity index is 286. The third-order valence-electron chi connectivity index (χ3n) is 2.31. The summed E-state index contributed by atoms with van der Waals surface area (Å²) in [6, 6.07) is 7.57. The molecule has 1 N–H and O–H groups in total. The quantitative estimate of drug-likeness (QED) is 0.814. The van der Waals surface area contributed by atoms with Crippen molar-refractivity contribution < 1.29 is 4.39 Å². The van der Waals surface area contributed by atoms with E-state index < -0.39 is 0 Å². The second-order valence-electron chi connectivity index (χ2n) is 3.61. The average molecular weight is 216 g/mol. The summed E-state index contributed by atoms with van der Waals surface area (Å²) >= 11 is 0. The first kappa shape index (κ1) is 11.5. The zero-order chi connectivity index (χ0) is 9.10. The van der Waals surface area contributed by atoms with Crippen molar-refractivity contribution in [2.45, 2.75) is 25.3 Å². The van der Waals surface area contributed by atoms with Gasteiger partial charge in [0, 0.05) is 6.04 Å². The summed E-state index contributed by atoms with van der Waals surface area (Å²) in [4.78, 5) is 0. The standard InChI is InChI=1S/C11H14FN.ClH/c12-10-3-1-2-9(8-10)6-7-13-11-4-5-11;/h1-3,8,11,13H,4-7H2;1H. The van der Waals surface area contributed by atoms with Crippen molar-refractivity contribution in [2.24, 2.45) is 0 Å². The largest absolute Gasteiger partial charge is 0.314 e. The lowest BCUT2D eigenvalue weighted by Gasteiger charge is -2.02. The summed E-state index contributed by atoms with van der Waals surface area (Å²) in [5.41, 5.74) is 1.08. The highest BCUT2D eigenvalue weighted by molar-refractivity contribution is 5.85. The molecule has 0 aromatic heterocycles. The van der Waals surface area contributed by atoms with Gasteiger partial charge in [0.25, 0.3) is 0 Å². The summed E-state index contributed by atoms with van der Waals surface area (Å²) in [6.45, 7) is 0.966. The Hall–Kier alpha value is -0.600. The van der Waals surface area contributed by atoms with Gasteiger partial charge in [-0.25, -0.2) is 4.39 Å². The van der Waals surface area contributed by atoms with E-state index in [-0.39, 0.29) is 18.2 Å². The van der Waals surface area contributed by atoms with Crippen molar-refractivity contribution in [1.29, 1.82) is 0 Å². The molecule has 0 atom stereocenters. The van der Waals surface area contributed by atoms with Crippen LogP contribution in [0.5, 0.6) is 0 Å². The minimum absolute atomic E-state index is 0. The van der Waals surface area contributed by atoms with Crippen LogP contribution in [0.1, 0.15) is 18.4 Å². The first-order valence-corrected chi connectivity index (χ1v) is 4.82. The maximum absolute atomic E-state index is 12.7. The van der Waals surface area contributed by atoms with E-state index >= 15 is 0 Å². The molecule has 1 fully saturated rings. The van der Waals surface area contributed by atoms with Crippen LogP contribution in [0, 0.1) is 5.82 Å². The fourth-order valence-electron chi connectivity index (χ4n) is 1.40. The van der Waals surface area contributed by atoms with E-state index in [9.17, 15) is 4.39 Å². The third-order valence-corrected chi connectivity index (χ3v) is 2.31. The summed E-state index contributed by atoms with van der Waals surface area (Å²) in [5, 5.41) is 3.40. The van der Waals surface area contributed by atoms with Crippen LogP contribution in [0.3, 0.4) is 0 Å². The van der Waals surface area contributed by atoms with Gasteiger partial charge in [0.05, 0.1) is 0 Å². The normalized spacial score (nSPS) is 14.9. The smallest absolute Gasteiger partial charge is 0.123 e. The number of hydrogen-bond donors (Lipinski definition) is 1. The highest BCUT2D eigenvalue weighted by atomic mass is 35.5. The molecule has 0 saturated heterocycles. The summed E-state index contributed by atoms with van der Waals surface area (Å²) < 4.78 is 12.7. The van der Waals surface area contributed by atoms with Crippen LogP contribution in [0.15, 0.2) is 24.3 Å². The molecule has 0 aliphatic heterocycles. The van der Waals surface area contributed by atoms with Crippen LogP contribution >= 0.6 is 12.4 Å². The molecule has 78 valence electrons. The molecule has 2 rings (SSSR count). The van der Waals surface area contributed by atoms with Crippen LogP contribution in [0.25, 0.3) is 0 Å². The zero-order valence-corrected chi connectivity index (χ0v) is 8.82. The molecule has 0 amide bonds. The van der Waals surface area contributed by atoms with Crippen molar-refractivity contribution in [1.82, 2.24) is 5.32 Å². The van der Waals surface area contributed by atoms with E-state index in [1.54, 1.807) is 12.1 Å². The molecule has 0 bridgehead atoms. The Labute approximate surface area is 90.1 Å². The molecule has 1 aliphatic carbocycles. The number of hydrogen-bond acceptors (Lipinski definition) is 1. The molecule has 1 nitrogen and oxygen atoms in total. The van der Waals surface area contributed by atoms with Crippen molar-refractivity contribution >= 4 is 12.4 Å². The van der Waals surface area contributed by atoms with E-state index in [0.29, 0.717) is 0 Å². The van der Waals surface area contributed by atoms with Gasteiger partial charge in [0.15, 0.2) is 0 Å². The predicted octanol–water partition coefficient (Wildman–Crippen LogP) is 2.54. The van der Waals surface area contributed by atoms with Crippen molar-refractivity contribution in [3.63, 3.8) is 0 Å². The van der Waals surface area contributed by atoms with Gasteiger partial charge in [-0.1, -0.05) is 12.1 Å². The molecule has 0 radical (unpaired) electrons. The van der Waals surface area contributed by atoms with Gasteiger partial charge in [-0.15, -0.1) is 12.4 Å². The zero-order valence-electron chi connectivity index (χ0n) is 8.00. The van der Waals surface area contributed by atoms with Crippen LogP contribution in [-0.4, -0.2) is 12.6 Å². The van der Waals surface area contributed by atoms with E-state index in [2.05, 4.69) is 5.32 Å². The fraction of sp³-hybridized carbons (Fsp3) is 0.455. The van der Waals surface area contributed by atoms with Crippen LogP contribution < -0.4 is 5.32 Å². The SMILES string of the molecule is Cl.Fc1cccc(CCNC2CC2)c1. The predicted molar refractivity (Wildman–Crippen MR) is 58.4 cm³/mol. The van der Waals surface area contributed by atoms with Crippen LogP contribution in [0.4, 0.5) is 4.39 Å². The van der Waals surface area contributed by atoms with Gasteiger partial charge in [0.1, 0.15) is 5.82 Å². The van der Waals surface area contributed by atoms with Gasteiger partial charge in [-0.2, -0.15) is 0 Å². The molecule has 3 heteroatoms. The minimum atomic E-state index is -0.135. The monoisotopic (exact) mass is 215 g/mol. The topological polar surface area (TPSA) is 12.0 Å². The second kappa shape index (κ2) is 5.32. The highest BCUT2D eigenvalue weighted by Gasteiger charge is 2.19. The molecular weight excluding hydrogens is 201 g/mol. The van der Waals surface area contributed by atoms with E-state index in [1.165, 1.54) is 18.9 Å². The van der Waals surface area contributed by atoms with Gasteiger partial charge in [-0.05, 0) is 43.5 Å². The average Bonchev–Trinajstić information content (AvgIpc) is 2.88. The maximum Gasteiger partial charge on any atom is 0.123 e. The van der Waals surface area contributed by atoms with E-state index in [4.69, 9.17) is 0 Å². The molecule has 1 aromatic carbocycles. The van der Waals surface area contributed by atoms with Crippen LogP contribution in [0.2, 0.25) is 0 Å². The first-order valence-electron chi connectivity index (χ1n) is 4.82. The highest BCUT2D eigenvalue weighted by Crippen LogP contribution is 2.18. The molecule has 0 unspecified atom stereocenters. The summed E-state index contributed by atoms with van der Waals surface area (Å²) in [7, 11) is 0. The number of rotatable bonds is 4. The number of halogens is 2. The fourth-order valence-corrected chi connectivity index (χ4v) is 1.40. The number of nitrogens with one attached hydrogen (secondary N) is 1. The molecule has 1 saturated carbocycles. The maximum atomic E-state index is 12.7. The Morgan fingerprint density at radius 1 is 1.36 bits per heavy atom. The number of benzene rings is 1. The summed E-state index contributed by atoms with van der Waals surface area (Å²) in [5.74, 6) is -0.135. The van der Waals surface area contributed by atoms with Gasteiger partial charge < -0.3 is 5.32 Å². The Morgan fingerprint density at radius 2 is 2.14 bits per heavy atom.